The maximum absolute atomic E-state index is 11.5. The Morgan fingerprint density at radius 2 is 2.33 bits per heavy atom. The van der Waals surface area contributed by atoms with E-state index < -0.39 is 0 Å². The molecule has 0 aliphatic carbocycles. The summed E-state index contributed by atoms with van der Waals surface area (Å²) in [6, 6.07) is 3.72. The van der Waals surface area contributed by atoms with Crippen LogP contribution in [-0.4, -0.2) is 11.9 Å². The molecule has 1 aromatic rings. The van der Waals surface area contributed by atoms with Gasteiger partial charge < -0.3 is 11.1 Å². The van der Waals surface area contributed by atoms with Crippen LogP contribution in [-0.2, 0) is 11.3 Å². The van der Waals surface area contributed by atoms with Crippen molar-refractivity contribution >= 4 is 17.2 Å². The van der Waals surface area contributed by atoms with Crippen LogP contribution in [0.3, 0.4) is 0 Å². The summed E-state index contributed by atoms with van der Waals surface area (Å²) in [6.45, 7) is 4.67. The van der Waals surface area contributed by atoms with Crippen molar-refractivity contribution in [1.29, 1.82) is 0 Å². The van der Waals surface area contributed by atoms with E-state index in [2.05, 4.69) is 18.3 Å². The van der Waals surface area contributed by atoms with Gasteiger partial charge in [0, 0.05) is 9.75 Å². The van der Waals surface area contributed by atoms with Crippen molar-refractivity contribution in [2.24, 2.45) is 5.73 Å². The maximum Gasteiger partial charge on any atom is 0.237 e. The topological polar surface area (TPSA) is 55.1 Å². The second-order valence-electron chi connectivity index (χ2n) is 3.63. The van der Waals surface area contributed by atoms with Crippen LogP contribution in [0.25, 0.3) is 0 Å². The van der Waals surface area contributed by atoms with Crippen LogP contribution < -0.4 is 11.1 Å². The maximum atomic E-state index is 11.5. The predicted octanol–water partition coefficient (Wildman–Crippen LogP) is 1.80. The van der Waals surface area contributed by atoms with Crippen molar-refractivity contribution in [2.75, 3.05) is 0 Å². The fourth-order valence-electron chi connectivity index (χ4n) is 1.33. The molecule has 3 N–H and O–H groups in total. The fourth-order valence-corrected chi connectivity index (χ4v) is 2.16. The molecule has 0 saturated heterocycles. The summed E-state index contributed by atoms with van der Waals surface area (Å²) in [6.07, 6.45) is 1.68. The number of rotatable bonds is 5. The van der Waals surface area contributed by atoms with Crippen molar-refractivity contribution in [2.45, 2.75) is 39.3 Å². The molecule has 1 amide bonds. The van der Waals surface area contributed by atoms with Gasteiger partial charge in [-0.15, -0.1) is 11.3 Å². The molecule has 0 unspecified atom stereocenters. The molecule has 3 nitrogen and oxygen atoms in total. The molecule has 0 fully saturated rings. The number of amides is 1. The Kier molecular flexibility index (Phi) is 4.78. The molecule has 0 aliphatic heterocycles. The number of nitrogens with one attached hydrogen (secondary N) is 1. The molecule has 0 spiro atoms. The Morgan fingerprint density at radius 3 is 2.87 bits per heavy atom. The Bertz CT molecular complexity index is 322. The average molecular weight is 226 g/mol. The molecule has 0 aromatic carbocycles. The second-order valence-corrected chi connectivity index (χ2v) is 5.00. The zero-order valence-electron chi connectivity index (χ0n) is 9.25. The van der Waals surface area contributed by atoms with Gasteiger partial charge in [-0.2, -0.15) is 0 Å². The normalized spacial score (nSPS) is 12.5. The highest BCUT2D eigenvalue weighted by atomic mass is 32.1. The van der Waals surface area contributed by atoms with E-state index in [9.17, 15) is 4.79 Å². The third-order valence-electron chi connectivity index (χ3n) is 2.17. The predicted molar refractivity (Wildman–Crippen MR) is 63.8 cm³/mol. The standard InChI is InChI=1S/C11H18N2OS/c1-3-4-10(12)11(14)13-7-9-6-5-8(2)15-9/h5-6,10H,3-4,7,12H2,1-2H3,(H,13,14)/t10-/m0/s1. The van der Waals surface area contributed by atoms with Gasteiger partial charge >= 0.3 is 0 Å². The van der Waals surface area contributed by atoms with Crippen molar-refractivity contribution < 1.29 is 4.79 Å². The van der Waals surface area contributed by atoms with Gasteiger partial charge in [-0.3, -0.25) is 4.79 Å². The van der Waals surface area contributed by atoms with Gasteiger partial charge in [0.25, 0.3) is 0 Å². The van der Waals surface area contributed by atoms with Crippen LogP contribution in [0, 0.1) is 6.92 Å². The summed E-state index contributed by atoms with van der Waals surface area (Å²) < 4.78 is 0. The van der Waals surface area contributed by atoms with Crippen molar-refractivity contribution in [3.8, 4) is 0 Å². The largest absolute Gasteiger partial charge is 0.350 e. The van der Waals surface area contributed by atoms with Crippen LogP contribution in [0.1, 0.15) is 29.5 Å². The molecule has 84 valence electrons. The molecule has 1 rings (SSSR count). The van der Waals surface area contributed by atoms with Gasteiger partial charge in [0.2, 0.25) is 5.91 Å². The number of hydrogen-bond donors (Lipinski definition) is 2. The monoisotopic (exact) mass is 226 g/mol. The SMILES string of the molecule is CCC[C@H](N)C(=O)NCc1ccc(C)s1. The second kappa shape index (κ2) is 5.88. The van der Waals surface area contributed by atoms with Gasteiger partial charge in [0.1, 0.15) is 0 Å². The van der Waals surface area contributed by atoms with Crippen LogP contribution in [0.2, 0.25) is 0 Å². The van der Waals surface area contributed by atoms with E-state index in [4.69, 9.17) is 5.73 Å². The number of nitrogens with two attached hydrogens (primary N) is 1. The highest BCUT2D eigenvalue weighted by Crippen LogP contribution is 2.14. The number of aryl methyl sites for hydroxylation is 1. The highest BCUT2D eigenvalue weighted by Gasteiger charge is 2.11. The summed E-state index contributed by atoms with van der Waals surface area (Å²) in [4.78, 5) is 13.9. The Hall–Kier alpha value is -0.870. The van der Waals surface area contributed by atoms with E-state index in [0.29, 0.717) is 6.54 Å². The van der Waals surface area contributed by atoms with Gasteiger partial charge in [-0.25, -0.2) is 0 Å². The van der Waals surface area contributed by atoms with E-state index in [1.165, 1.54) is 9.75 Å². The number of thiophene rings is 1. The van der Waals surface area contributed by atoms with Crippen LogP contribution in [0.15, 0.2) is 12.1 Å². The molecule has 0 bridgehead atoms. The molecular formula is C11H18N2OS. The molecule has 0 aliphatic rings. The molecule has 15 heavy (non-hydrogen) atoms. The van der Waals surface area contributed by atoms with Crippen molar-refractivity contribution in [3.63, 3.8) is 0 Å². The van der Waals surface area contributed by atoms with E-state index in [-0.39, 0.29) is 11.9 Å². The molecule has 1 aromatic heterocycles. The van der Waals surface area contributed by atoms with Crippen molar-refractivity contribution in [3.05, 3.63) is 21.9 Å². The molecule has 1 atom stereocenters. The van der Waals surface area contributed by atoms with Crippen molar-refractivity contribution in [1.82, 2.24) is 5.32 Å². The zero-order chi connectivity index (χ0) is 11.3. The summed E-state index contributed by atoms with van der Waals surface area (Å²) in [5.41, 5.74) is 5.69. The van der Waals surface area contributed by atoms with Crippen LogP contribution in [0.5, 0.6) is 0 Å². The molecule has 0 radical (unpaired) electrons. The zero-order valence-corrected chi connectivity index (χ0v) is 10.1. The Morgan fingerprint density at radius 1 is 1.60 bits per heavy atom. The smallest absolute Gasteiger partial charge is 0.237 e. The van der Waals surface area contributed by atoms with Gasteiger partial charge in [0.05, 0.1) is 12.6 Å². The fraction of sp³-hybridized carbons (Fsp3) is 0.545. The third kappa shape index (κ3) is 4.01. The van der Waals surface area contributed by atoms with E-state index in [0.717, 1.165) is 12.8 Å². The summed E-state index contributed by atoms with van der Waals surface area (Å²) in [7, 11) is 0. The number of hydrogen-bond acceptors (Lipinski definition) is 3. The molecule has 4 heteroatoms. The lowest BCUT2D eigenvalue weighted by atomic mass is 10.2. The summed E-state index contributed by atoms with van der Waals surface area (Å²) in [5, 5.41) is 2.84. The van der Waals surface area contributed by atoms with E-state index in [1.54, 1.807) is 11.3 Å². The first-order valence-electron chi connectivity index (χ1n) is 5.22. The Labute approximate surface area is 94.7 Å². The van der Waals surface area contributed by atoms with Gasteiger partial charge in [-0.05, 0) is 25.5 Å². The summed E-state index contributed by atoms with van der Waals surface area (Å²) in [5.74, 6) is -0.0529. The molecule has 0 saturated carbocycles. The lowest BCUT2D eigenvalue weighted by molar-refractivity contribution is -0.122. The molecular weight excluding hydrogens is 208 g/mol. The first kappa shape index (κ1) is 12.2. The van der Waals surface area contributed by atoms with Crippen LogP contribution >= 0.6 is 11.3 Å². The quantitative estimate of drug-likeness (QED) is 0.804. The third-order valence-corrected chi connectivity index (χ3v) is 3.17. The molecule has 1 heterocycles. The van der Waals surface area contributed by atoms with E-state index in [1.807, 2.05) is 13.0 Å². The number of carbonyl (C=O) groups is 1. The first-order chi connectivity index (χ1) is 7.13. The Balaban J connectivity index is 2.34. The van der Waals surface area contributed by atoms with Gasteiger partial charge in [0.15, 0.2) is 0 Å². The number of carbonyl (C=O) groups excluding carboxylic acids is 1. The first-order valence-corrected chi connectivity index (χ1v) is 6.03. The minimum atomic E-state index is -0.365. The minimum absolute atomic E-state index is 0.0529. The minimum Gasteiger partial charge on any atom is -0.350 e. The highest BCUT2D eigenvalue weighted by molar-refractivity contribution is 7.11. The van der Waals surface area contributed by atoms with E-state index >= 15 is 0 Å². The average Bonchev–Trinajstić information content (AvgIpc) is 2.61. The summed E-state index contributed by atoms with van der Waals surface area (Å²) >= 11 is 1.70. The lowest BCUT2D eigenvalue weighted by Gasteiger charge is -2.10. The lowest BCUT2D eigenvalue weighted by Crippen LogP contribution is -2.39. The van der Waals surface area contributed by atoms with Gasteiger partial charge in [-0.1, -0.05) is 13.3 Å². The van der Waals surface area contributed by atoms with Crippen LogP contribution in [0.4, 0.5) is 0 Å².